The first-order valence-corrected chi connectivity index (χ1v) is 6.32. The molecule has 0 aromatic rings. The van der Waals surface area contributed by atoms with Crippen LogP contribution in [-0.2, 0) is 4.79 Å². The number of amides is 3. The molecule has 0 spiro atoms. The van der Waals surface area contributed by atoms with Crippen LogP contribution in [0.1, 0.15) is 0 Å². The lowest BCUT2D eigenvalue weighted by Gasteiger charge is -2.39. The van der Waals surface area contributed by atoms with Crippen molar-refractivity contribution in [1.82, 2.24) is 20.0 Å². The van der Waals surface area contributed by atoms with Crippen molar-refractivity contribution in [2.45, 2.75) is 6.04 Å². The van der Waals surface area contributed by atoms with E-state index in [0.717, 1.165) is 19.6 Å². The fourth-order valence-corrected chi connectivity index (χ4v) is 2.45. The van der Waals surface area contributed by atoms with Gasteiger partial charge < -0.3 is 16.0 Å². The molecule has 2 fully saturated rings. The lowest BCUT2D eigenvalue weighted by molar-refractivity contribution is -0.129. The molecular formula is C11H21N5O2. The van der Waals surface area contributed by atoms with Gasteiger partial charge in [0.2, 0.25) is 5.91 Å². The summed E-state index contributed by atoms with van der Waals surface area (Å²) in [6, 6.07) is -0.0863. The van der Waals surface area contributed by atoms with Crippen molar-refractivity contribution >= 4 is 11.9 Å². The first kappa shape index (κ1) is 13.3. The van der Waals surface area contributed by atoms with Gasteiger partial charge in [0.05, 0.1) is 6.54 Å². The zero-order chi connectivity index (χ0) is 13.1. The smallest absolute Gasteiger partial charge is 0.324 e. The van der Waals surface area contributed by atoms with Crippen LogP contribution in [0.25, 0.3) is 0 Å². The van der Waals surface area contributed by atoms with Crippen molar-refractivity contribution in [3.05, 3.63) is 0 Å². The van der Waals surface area contributed by atoms with Crippen LogP contribution in [0.4, 0.5) is 4.79 Å². The van der Waals surface area contributed by atoms with E-state index in [1.165, 1.54) is 4.90 Å². The average molecular weight is 255 g/mol. The average Bonchev–Trinajstić information content (AvgIpc) is 2.77. The first-order chi connectivity index (χ1) is 8.61. The number of nitrogens with two attached hydrogens (primary N) is 1. The minimum absolute atomic E-state index is 0.131. The van der Waals surface area contributed by atoms with Crippen LogP contribution in [-0.4, -0.2) is 85.5 Å². The molecule has 7 heteroatoms. The second-order valence-electron chi connectivity index (χ2n) is 4.90. The normalized spacial score (nSPS) is 26.4. The van der Waals surface area contributed by atoms with Gasteiger partial charge in [-0.15, -0.1) is 0 Å². The Bertz CT molecular complexity index is 335. The largest absolute Gasteiger partial charge is 0.336 e. The van der Waals surface area contributed by atoms with E-state index in [-0.39, 0.29) is 24.5 Å². The van der Waals surface area contributed by atoms with Gasteiger partial charge in [0, 0.05) is 45.3 Å². The van der Waals surface area contributed by atoms with Crippen molar-refractivity contribution in [2.75, 3.05) is 52.9 Å². The molecule has 2 aliphatic rings. The van der Waals surface area contributed by atoms with Crippen LogP contribution in [0.15, 0.2) is 0 Å². The van der Waals surface area contributed by atoms with E-state index in [2.05, 4.69) is 22.2 Å². The summed E-state index contributed by atoms with van der Waals surface area (Å²) >= 11 is 0. The summed E-state index contributed by atoms with van der Waals surface area (Å²) in [4.78, 5) is 29.0. The maximum absolute atomic E-state index is 12.0. The Morgan fingerprint density at radius 3 is 2.83 bits per heavy atom. The molecule has 1 unspecified atom stereocenters. The molecule has 18 heavy (non-hydrogen) atoms. The molecule has 2 heterocycles. The van der Waals surface area contributed by atoms with Crippen LogP contribution in [0.3, 0.4) is 0 Å². The van der Waals surface area contributed by atoms with Crippen molar-refractivity contribution in [2.24, 2.45) is 5.73 Å². The summed E-state index contributed by atoms with van der Waals surface area (Å²) < 4.78 is 0. The van der Waals surface area contributed by atoms with E-state index in [1.54, 1.807) is 0 Å². The van der Waals surface area contributed by atoms with Crippen LogP contribution in [0, 0.1) is 0 Å². The minimum Gasteiger partial charge on any atom is -0.336 e. The van der Waals surface area contributed by atoms with Gasteiger partial charge in [-0.3, -0.25) is 14.6 Å². The Morgan fingerprint density at radius 2 is 2.22 bits per heavy atom. The number of piperazine rings is 1. The van der Waals surface area contributed by atoms with Crippen LogP contribution in [0.5, 0.6) is 0 Å². The highest BCUT2D eigenvalue weighted by Gasteiger charge is 2.31. The van der Waals surface area contributed by atoms with Gasteiger partial charge in [-0.25, -0.2) is 4.79 Å². The maximum atomic E-state index is 12.0. The van der Waals surface area contributed by atoms with E-state index in [9.17, 15) is 9.59 Å². The van der Waals surface area contributed by atoms with Gasteiger partial charge in [0.25, 0.3) is 0 Å². The quantitative estimate of drug-likeness (QED) is 0.616. The Balaban J connectivity index is 1.91. The van der Waals surface area contributed by atoms with Gasteiger partial charge in [-0.05, 0) is 7.05 Å². The highest BCUT2D eigenvalue weighted by Crippen LogP contribution is 2.08. The van der Waals surface area contributed by atoms with E-state index in [4.69, 9.17) is 5.73 Å². The molecule has 3 amide bonds. The molecule has 0 radical (unpaired) electrons. The summed E-state index contributed by atoms with van der Waals surface area (Å²) in [6.07, 6.45) is 0. The highest BCUT2D eigenvalue weighted by atomic mass is 16.2. The maximum Gasteiger partial charge on any atom is 0.324 e. The topological polar surface area (TPSA) is 81.9 Å². The third kappa shape index (κ3) is 2.80. The fraction of sp³-hybridized carbons (Fsp3) is 0.818. The van der Waals surface area contributed by atoms with Gasteiger partial charge in [0.1, 0.15) is 0 Å². The van der Waals surface area contributed by atoms with Crippen molar-refractivity contribution in [1.29, 1.82) is 0 Å². The number of nitrogens with zero attached hydrogens (tertiary/aromatic N) is 3. The van der Waals surface area contributed by atoms with Gasteiger partial charge in [-0.2, -0.15) is 0 Å². The molecular weight excluding hydrogens is 234 g/mol. The Kier molecular flexibility index (Phi) is 4.15. The molecule has 1 atom stereocenters. The standard InChI is InChI=1S/C11H21N5O2/c1-14-4-5-15(9(6-12)7-14)8-10(17)16-3-2-13-11(16)18/h9H,2-8,12H2,1H3,(H,13,18). The Labute approximate surface area is 107 Å². The summed E-state index contributed by atoms with van der Waals surface area (Å²) in [6.45, 7) is 4.45. The number of hydrogen-bond donors (Lipinski definition) is 2. The lowest BCUT2D eigenvalue weighted by Crippen LogP contribution is -2.57. The summed E-state index contributed by atoms with van der Waals surface area (Å²) in [5.74, 6) is -0.131. The number of urea groups is 1. The van der Waals surface area contributed by atoms with E-state index in [1.807, 2.05) is 0 Å². The number of carbonyl (C=O) groups excluding carboxylic acids is 2. The minimum atomic E-state index is -0.279. The molecule has 2 rings (SSSR count). The molecule has 2 aliphatic heterocycles. The van der Waals surface area contributed by atoms with Gasteiger partial charge in [-0.1, -0.05) is 0 Å². The summed E-state index contributed by atoms with van der Waals surface area (Å²) in [7, 11) is 2.05. The molecule has 7 nitrogen and oxygen atoms in total. The number of hydrogen-bond acceptors (Lipinski definition) is 5. The molecule has 0 aliphatic carbocycles. The Morgan fingerprint density at radius 1 is 1.44 bits per heavy atom. The van der Waals surface area contributed by atoms with Gasteiger partial charge in [0.15, 0.2) is 0 Å². The molecule has 0 bridgehead atoms. The first-order valence-electron chi connectivity index (χ1n) is 6.32. The van der Waals surface area contributed by atoms with E-state index >= 15 is 0 Å². The van der Waals surface area contributed by atoms with Crippen molar-refractivity contribution in [3.63, 3.8) is 0 Å². The number of imide groups is 1. The second-order valence-corrected chi connectivity index (χ2v) is 4.90. The van der Waals surface area contributed by atoms with Crippen molar-refractivity contribution < 1.29 is 9.59 Å². The van der Waals surface area contributed by atoms with Crippen LogP contribution < -0.4 is 11.1 Å². The lowest BCUT2D eigenvalue weighted by atomic mass is 10.1. The molecule has 3 N–H and O–H groups in total. The number of nitrogens with one attached hydrogen (secondary N) is 1. The van der Waals surface area contributed by atoms with Crippen LogP contribution >= 0.6 is 0 Å². The summed E-state index contributed by atoms with van der Waals surface area (Å²) in [5.41, 5.74) is 5.74. The number of carbonyl (C=O) groups is 2. The third-order valence-corrected chi connectivity index (χ3v) is 3.58. The van der Waals surface area contributed by atoms with Crippen molar-refractivity contribution in [3.8, 4) is 0 Å². The third-order valence-electron chi connectivity index (χ3n) is 3.58. The monoisotopic (exact) mass is 255 g/mol. The van der Waals surface area contributed by atoms with Gasteiger partial charge >= 0.3 is 6.03 Å². The predicted octanol–water partition coefficient (Wildman–Crippen LogP) is -1.89. The molecule has 2 saturated heterocycles. The SMILES string of the molecule is CN1CCN(CC(=O)N2CCNC2=O)C(CN)C1. The second kappa shape index (κ2) is 5.64. The highest BCUT2D eigenvalue weighted by molar-refractivity contribution is 5.96. The van der Waals surface area contributed by atoms with E-state index in [0.29, 0.717) is 19.6 Å². The van der Waals surface area contributed by atoms with Crippen LogP contribution in [0.2, 0.25) is 0 Å². The van der Waals surface area contributed by atoms with E-state index < -0.39 is 0 Å². The zero-order valence-electron chi connectivity index (χ0n) is 10.8. The molecule has 0 saturated carbocycles. The molecule has 102 valence electrons. The fourth-order valence-electron chi connectivity index (χ4n) is 2.45. The molecule has 0 aromatic carbocycles. The zero-order valence-corrected chi connectivity index (χ0v) is 10.8. The number of rotatable bonds is 3. The predicted molar refractivity (Wildman–Crippen MR) is 67.0 cm³/mol. The Hall–Kier alpha value is -1.18. The molecule has 0 aromatic heterocycles. The summed E-state index contributed by atoms with van der Waals surface area (Å²) in [5, 5.41) is 2.63. The number of likely N-dealkylation sites (N-methyl/N-ethyl adjacent to an activating group) is 1.